The fourth-order valence-electron chi connectivity index (χ4n) is 2.53. The summed E-state index contributed by atoms with van der Waals surface area (Å²) < 4.78 is 18.0. The Labute approximate surface area is 156 Å². The number of methoxy groups -OCH3 is 3. The Morgan fingerprint density at radius 3 is 2.27 bits per heavy atom. The second kappa shape index (κ2) is 7.03. The van der Waals surface area contributed by atoms with Crippen molar-refractivity contribution in [2.24, 2.45) is 0 Å². The molecule has 0 saturated carbocycles. The van der Waals surface area contributed by atoms with Crippen molar-refractivity contribution in [1.82, 2.24) is 14.6 Å². The van der Waals surface area contributed by atoms with Crippen LogP contribution < -0.4 is 19.5 Å². The van der Waals surface area contributed by atoms with E-state index in [9.17, 15) is 0 Å². The van der Waals surface area contributed by atoms with Crippen LogP contribution in [-0.2, 0) is 12.0 Å². The molecule has 7 nitrogen and oxygen atoms in total. The zero-order chi connectivity index (χ0) is 18.9. The number of hydrogen-bond acceptors (Lipinski definition) is 7. The van der Waals surface area contributed by atoms with Crippen molar-refractivity contribution in [1.29, 1.82) is 0 Å². The number of aromatic nitrogens is 3. The summed E-state index contributed by atoms with van der Waals surface area (Å²) >= 11 is 1.52. The molecule has 0 fully saturated rings. The van der Waals surface area contributed by atoms with Crippen LogP contribution in [0.3, 0.4) is 0 Å². The summed E-state index contributed by atoms with van der Waals surface area (Å²) in [6.45, 7) is 6.97. The van der Waals surface area contributed by atoms with Crippen LogP contribution in [0.2, 0.25) is 0 Å². The van der Waals surface area contributed by atoms with E-state index in [0.29, 0.717) is 18.0 Å². The minimum Gasteiger partial charge on any atom is -0.496 e. The van der Waals surface area contributed by atoms with Crippen LogP contribution in [0.5, 0.6) is 17.2 Å². The van der Waals surface area contributed by atoms with Gasteiger partial charge in [0.2, 0.25) is 10.1 Å². The van der Waals surface area contributed by atoms with Gasteiger partial charge in [0.15, 0.2) is 11.5 Å². The molecule has 0 bridgehead atoms. The molecular formula is C18H24N4O3S. The summed E-state index contributed by atoms with van der Waals surface area (Å²) in [6.07, 6.45) is 1.98. The van der Waals surface area contributed by atoms with Gasteiger partial charge in [-0.15, -0.1) is 5.10 Å². The second-order valence-corrected chi connectivity index (χ2v) is 7.84. The molecule has 2 heterocycles. The molecule has 0 amide bonds. The largest absolute Gasteiger partial charge is 0.496 e. The molecule has 0 atom stereocenters. The first-order valence-corrected chi connectivity index (χ1v) is 9.06. The lowest BCUT2D eigenvalue weighted by molar-refractivity contribution is 0.347. The summed E-state index contributed by atoms with van der Waals surface area (Å²) in [6, 6.07) is 3.72. The maximum Gasteiger partial charge on any atom is 0.214 e. The van der Waals surface area contributed by atoms with E-state index in [4.69, 9.17) is 14.2 Å². The normalized spacial score (nSPS) is 11.6. The summed E-state index contributed by atoms with van der Waals surface area (Å²) in [5.41, 5.74) is 1.99. The van der Waals surface area contributed by atoms with Crippen LogP contribution >= 0.6 is 11.3 Å². The molecule has 3 rings (SSSR count). The van der Waals surface area contributed by atoms with E-state index in [1.54, 1.807) is 21.3 Å². The summed E-state index contributed by atoms with van der Waals surface area (Å²) in [5.74, 6) is 2.02. The summed E-state index contributed by atoms with van der Waals surface area (Å²) in [5, 5.41) is 8.68. The van der Waals surface area contributed by atoms with Gasteiger partial charge in [-0.25, -0.2) is 9.50 Å². The minimum atomic E-state index is 0.00796. The Morgan fingerprint density at radius 1 is 1.04 bits per heavy atom. The Morgan fingerprint density at radius 2 is 1.69 bits per heavy atom. The summed E-state index contributed by atoms with van der Waals surface area (Å²) in [4.78, 5) is 5.53. The van der Waals surface area contributed by atoms with Crippen LogP contribution in [0, 0.1) is 0 Å². The van der Waals surface area contributed by atoms with E-state index in [1.807, 2.05) is 22.8 Å². The molecule has 0 aliphatic rings. The number of anilines is 1. The fourth-order valence-corrected chi connectivity index (χ4v) is 3.31. The quantitative estimate of drug-likeness (QED) is 0.707. The van der Waals surface area contributed by atoms with Crippen molar-refractivity contribution in [3.8, 4) is 17.2 Å². The lowest BCUT2D eigenvalue weighted by atomic mass is 9.93. The first-order valence-electron chi connectivity index (χ1n) is 8.25. The molecule has 140 valence electrons. The third-order valence-corrected chi connectivity index (χ3v) is 4.91. The highest BCUT2D eigenvalue weighted by Gasteiger charge is 2.19. The molecule has 1 aromatic carbocycles. The van der Waals surface area contributed by atoms with Gasteiger partial charge in [-0.2, -0.15) is 0 Å². The standard InChI is InChI=1S/C18H24N4O3S/c1-18(2,3)15-10-22-17(20-15)26-16(21-22)19-9-11-7-13(24-5)14(25-6)8-12(11)23-4/h7-8,10H,9H2,1-6H3,(H,19,21). The van der Waals surface area contributed by atoms with E-state index in [1.165, 1.54) is 11.3 Å². The first-order chi connectivity index (χ1) is 12.4. The highest BCUT2D eigenvalue weighted by molar-refractivity contribution is 7.20. The molecule has 0 aliphatic carbocycles. The number of nitrogens with zero attached hydrogens (tertiary/aromatic N) is 3. The molecule has 0 saturated heterocycles. The number of nitrogens with one attached hydrogen (secondary N) is 1. The number of rotatable bonds is 6. The average Bonchev–Trinajstić information content (AvgIpc) is 3.17. The highest BCUT2D eigenvalue weighted by atomic mass is 32.1. The number of benzene rings is 1. The SMILES string of the molecule is COc1cc(OC)c(OC)cc1CNc1nn2cc(C(C)(C)C)nc2s1. The first kappa shape index (κ1) is 18.3. The zero-order valence-electron chi connectivity index (χ0n) is 15.9. The van der Waals surface area contributed by atoms with E-state index in [2.05, 4.69) is 36.2 Å². The molecule has 3 aromatic rings. The van der Waals surface area contributed by atoms with Gasteiger partial charge < -0.3 is 19.5 Å². The van der Waals surface area contributed by atoms with Crippen molar-refractivity contribution in [2.75, 3.05) is 26.6 Å². The van der Waals surface area contributed by atoms with Gasteiger partial charge in [-0.3, -0.25) is 0 Å². The third-order valence-electron chi connectivity index (χ3n) is 4.03. The van der Waals surface area contributed by atoms with Gasteiger partial charge in [-0.1, -0.05) is 32.1 Å². The molecule has 0 spiro atoms. The van der Waals surface area contributed by atoms with Gasteiger partial charge in [0.1, 0.15) is 5.75 Å². The van der Waals surface area contributed by atoms with Gasteiger partial charge in [-0.05, 0) is 6.07 Å². The van der Waals surface area contributed by atoms with Gasteiger partial charge in [0.25, 0.3) is 0 Å². The Balaban J connectivity index is 1.80. The van der Waals surface area contributed by atoms with Crippen molar-refractivity contribution in [3.63, 3.8) is 0 Å². The van der Waals surface area contributed by atoms with E-state index < -0.39 is 0 Å². The topological polar surface area (TPSA) is 69.9 Å². The Kier molecular flexibility index (Phi) is 4.95. The smallest absolute Gasteiger partial charge is 0.214 e. The Bertz CT molecular complexity index is 880. The molecule has 0 unspecified atom stereocenters. The highest BCUT2D eigenvalue weighted by Crippen LogP contribution is 2.35. The van der Waals surface area contributed by atoms with Crippen LogP contribution in [0.15, 0.2) is 18.3 Å². The van der Waals surface area contributed by atoms with Crippen molar-refractivity contribution in [3.05, 3.63) is 29.6 Å². The lowest BCUT2D eigenvalue weighted by Gasteiger charge is -2.14. The van der Waals surface area contributed by atoms with Crippen molar-refractivity contribution < 1.29 is 14.2 Å². The van der Waals surface area contributed by atoms with Crippen LogP contribution in [0.1, 0.15) is 32.0 Å². The van der Waals surface area contributed by atoms with Gasteiger partial charge in [0, 0.05) is 23.6 Å². The maximum atomic E-state index is 5.46. The third kappa shape index (κ3) is 3.55. The number of hydrogen-bond donors (Lipinski definition) is 1. The second-order valence-electron chi connectivity index (χ2n) is 6.88. The van der Waals surface area contributed by atoms with E-state index in [0.717, 1.165) is 27.1 Å². The van der Waals surface area contributed by atoms with Crippen LogP contribution in [-0.4, -0.2) is 35.9 Å². The van der Waals surface area contributed by atoms with Gasteiger partial charge in [0.05, 0.1) is 33.2 Å². The molecular weight excluding hydrogens is 352 g/mol. The van der Waals surface area contributed by atoms with Gasteiger partial charge >= 0.3 is 0 Å². The number of fused-ring (bicyclic) bond motifs is 1. The molecule has 0 radical (unpaired) electrons. The molecule has 2 aromatic heterocycles. The van der Waals surface area contributed by atoms with E-state index >= 15 is 0 Å². The molecule has 1 N–H and O–H groups in total. The summed E-state index contributed by atoms with van der Waals surface area (Å²) in [7, 11) is 4.85. The van der Waals surface area contributed by atoms with Crippen LogP contribution in [0.4, 0.5) is 5.13 Å². The lowest BCUT2D eigenvalue weighted by Crippen LogP contribution is -2.11. The minimum absolute atomic E-state index is 0.00796. The average molecular weight is 376 g/mol. The maximum absolute atomic E-state index is 5.46. The number of ether oxygens (including phenoxy) is 3. The monoisotopic (exact) mass is 376 g/mol. The molecule has 8 heteroatoms. The predicted molar refractivity (Wildman–Crippen MR) is 103 cm³/mol. The zero-order valence-corrected chi connectivity index (χ0v) is 16.7. The molecule has 0 aliphatic heterocycles. The Hall–Kier alpha value is -2.48. The molecule has 26 heavy (non-hydrogen) atoms. The van der Waals surface area contributed by atoms with Crippen molar-refractivity contribution in [2.45, 2.75) is 32.7 Å². The fraction of sp³-hybridized carbons (Fsp3) is 0.444. The number of imidazole rings is 1. The predicted octanol–water partition coefficient (Wildman–Crippen LogP) is 3.73. The van der Waals surface area contributed by atoms with E-state index in [-0.39, 0.29) is 5.41 Å². The van der Waals surface area contributed by atoms with Crippen molar-refractivity contribution >= 4 is 21.4 Å². The van der Waals surface area contributed by atoms with Crippen LogP contribution in [0.25, 0.3) is 4.96 Å².